The summed E-state index contributed by atoms with van der Waals surface area (Å²) in [4.78, 5) is 28.3. The van der Waals surface area contributed by atoms with Crippen LogP contribution < -0.4 is 11.1 Å². The maximum absolute atomic E-state index is 13.0. The fraction of sp³-hybridized carbons (Fsp3) is 0.150. The third-order valence-corrected chi connectivity index (χ3v) is 5.18. The molecule has 4 rings (SSSR count). The summed E-state index contributed by atoms with van der Waals surface area (Å²) in [7, 11) is 1.62. The van der Waals surface area contributed by atoms with Crippen molar-refractivity contribution in [2.75, 3.05) is 5.32 Å². The summed E-state index contributed by atoms with van der Waals surface area (Å²) in [5.74, 6) is -0.931. The first-order valence-electron chi connectivity index (χ1n) is 8.55. The lowest BCUT2D eigenvalue weighted by Gasteiger charge is -2.04. The van der Waals surface area contributed by atoms with Crippen molar-refractivity contribution in [3.8, 4) is 0 Å². The van der Waals surface area contributed by atoms with Crippen LogP contribution in [0.2, 0.25) is 0 Å². The number of anilines is 1. The minimum Gasteiger partial charge on any atom is -0.408 e. The van der Waals surface area contributed by atoms with Gasteiger partial charge in [0.1, 0.15) is 5.82 Å². The number of carbonyl (C=O) groups excluding carboxylic acids is 1. The monoisotopic (exact) mass is 397 g/mol. The normalized spacial score (nSPS) is 11.1. The van der Waals surface area contributed by atoms with Crippen LogP contribution in [0, 0.1) is 5.82 Å². The molecule has 2 aromatic heterocycles. The van der Waals surface area contributed by atoms with Crippen molar-refractivity contribution < 1.29 is 13.6 Å². The van der Waals surface area contributed by atoms with Crippen molar-refractivity contribution in [1.82, 2.24) is 9.55 Å². The number of aryl methyl sites for hydroxylation is 1. The molecule has 8 heteroatoms. The summed E-state index contributed by atoms with van der Waals surface area (Å²) in [6.07, 6.45) is 0.729. The molecule has 0 bridgehead atoms. The van der Waals surface area contributed by atoms with Gasteiger partial charge in [-0.05, 0) is 29.8 Å². The standard InChI is InChI=1S/C20H16FN3O3S/c1-24-16-7-6-14(9-17(16)27-20(24)26)22-18(25)10-15-11-28-19(23-15)8-12-2-4-13(21)5-3-12/h2-7,9,11H,8,10H2,1H3,(H,22,25). The van der Waals surface area contributed by atoms with Gasteiger partial charge in [0, 0.05) is 30.6 Å². The highest BCUT2D eigenvalue weighted by Gasteiger charge is 2.11. The van der Waals surface area contributed by atoms with Gasteiger partial charge in [-0.1, -0.05) is 12.1 Å². The second-order valence-electron chi connectivity index (χ2n) is 6.37. The molecule has 0 aliphatic heterocycles. The highest BCUT2D eigenvalue weighted by molar-refractivity contribution is 7.09. The number of benzene rings is 2. The van der Waals surface area contributed by atoms with E-state index in [1.807, 2.05) is 5.38 Å². The van der Waals surface area contributed by atoms with Gasteiger partial charge >= 0.3 is 5.76 Å². The molecule has 1 N–H and O–H groups in total. The van der Waals surface area contributed by atoms with Crippen LogP contribution in [0.25, 0.3) is 11.1 Å². The summed E-state index contributed by atoms with van der Waals surface area (Å²) in [6, 6.07) is 11.3. The van der Waals surface area contributed by atoms with Gasteiger partial charge in [0.15, 0.2) is 5.58 Å². The van der Waals surface area contributed by atoms with E-state index >= 15 is 0 Å². The Hall–Kier alpha value is -3.26. The molecule has 6 nitrogen and oxygen atoms in total. The van der Waals surface area contributed by atoms with Gasteiger partial charge in [-0.3, -0.25) is 9.36 Å². The van der Waals surface area contributed by atoms with Crippen LogP contribution in [0.5, 0.6) is 0 Å². The van der Waals surface area contributed by atoms with E-state index < -0.39 is 5.76 Å². The Labute approximate surface area is 163 Å². The molecular formula is C20H16FN3O3S. The third kappa shape index (κ3) is 3.86. The minimum atomic E-state index is -0.449. The lowest BCUT2D eigenvalue weighted by molar-refractivity contribution is -0.115. The van der Waals surface area contributed by atoms with Crippen molar-refractivity contribution in [3.05, 3.63) is 80.5 Å². The number of nitrogens with zero attached hydrogens (tertiary/aromatic N) is 2. The number of hydrogen-bond acceptors (Lipinski definition) is 5. The lowest BCUT2D eigenvalue weighted by Crippen LogP contribution is -2.14. The Morgan fingerprint density at radius 1 is 1.25 bits per heavy atom. The number of nitrogens with one attached hydrogen (secondary N) is 1. The number of rotatable bonds is 5. The lowest BCUT2D eigenvalue weighted by atomic mass is 10.1. The Morgan fingerprint density at radius 2 is 2.04 bits per heavy atom. The maximum atomic E-state index is 13.0. The maximum Gasteiger partial charge on any atom is 0.419 e. The third-order valence-electron chi connectivity index (χ3n) is 4.29. The molecular weight excluding hydrogens is 381 g/mol. The molecule has 0 atom stereocenters. The molecule has 1 amide bonds. The Morgan fingerprint density at radius 3 is 2.82 bits per heavy atom. The predicted molar refractivity (Wildman–Crippen MR) is 105 cm³/mol. The number of hydrogen-bond donors (Lipinski definition) is 1. The van der Waals surface area contributed by atoms with Crippen LogP contribution in [-0.2, 0) is 24.7 Å². The number of oxazole rings is 1. The Balaban J connectivity index is 1.40. The number of amides is 1. The van der Waals surface area contributed by atoms with Crippen LogP contribution in [0.4, 0.5) is 10.1 Å². The molecule has 0 fully saturated rings. The molecule has 142 valence electrons. The zero-order chi connectivity index (χ0) is 19.7. The summed E-state index contributed by atoms with van der Waals surface area (Å²) in [5.41, 5.74) is 3.26. The van der Waals surface area contributed by atoms with E-state index in [0.717, 1.165) is 10.6 Å². The second kappa shape index (κ2) is 7.40. The van der Waals surface area contributed by atoms with E-state index in [4.69, 9.17) is 4.42 Å². The van der Waals surface area contributed by atoms with E-state index in [2.05, 4.69) is 10.3 Å². The number of aromatic nitrogens is 2. The average Bonchev–Trinajstić information content (AvgIpc) is 3.21. The van der Waals surface area contributed by atoms with Gasteiger partial charge in [-0.15, -0.1) is 11.3 Å². The minimum absolute atomic E-state index is 0.136. The second-order valence-corrected chi connectivity index (χ2v) is 7.31. The molecule has 2 heterocycles. The Bertz CT molecular complexity index is 1210. The van der Waals surface area contributed by atoms with Crippen LogP contribution in [0.3, 0.4) is 0 Å². The van der Waals surface area contributed by atoms with Crippen LogP contribution in [-0.4, -0.2) is 15.5 Å². The van der Waals surface area contributed by atoms with E-state index in [-0.39, 0.29) is 18.1 Å². The SMILES string of the molecule is Cn1c(=O)oc2cc(NC(=O)Cc3csc(Cc4ccc(F)cc4)n3)ccc21. The van der Waals surface area contributed by atoms with E-state index in [1.165, 1.54) is 28.0 Å². The molecule has 2 aromatic carbocycles. The topological polar surface area (TPSA) is 77.1 Å². The zero-order valence-corrected chi connectivity index (χ0v) is 15.8. The number of thiazole rings is 1. The summed E-state index contributed by atoms with van der Waals surface area (Å²) in [5, 5.41) is 5.50. The summed E-state index contributed by atoms with van der Waals surface area (Å²) >= 11 is 1.47. The van der Waals surface area contributed by atoms with Gasteiger partial charge < -0.3 is 9.73 Å². The van der Waals surface area contributed by atoms with Gasteiger partial charge in [-0.25, -0.2) is 14.2 Å². The molecule has 28 heavy (non-hydrogen) atoms. The smallest absolute Gasteiger partial charge is 0.408 e. The van der Waals surface area contributed by atoms with Crippen molar-refractivity contribution in [2.24, 2.45) is 7.05 Å². The first kappa shape index (κ1) is 18.1. The van der Waals surface area contributed by atoms with E-state index in [1.54, 1.807) is 37.4 Å². The molecule has 0 saturated carbocycles. The molecule has 4 aromatic rings. The van der Waals surface area contributed by atoms with Gasteiger partial charge in [0.2, 0.25) is 5.91 Å². The summed E-state index contributed by atoms with van der Waals surface area (Å²) < 4.78 is 19.5. The fourth-order valence-corrected chi connectivity index (χ4v) is 3.70. The summed E-state index contributed by atoms with van der Waals surface area (Å²) in [6.45, 7) is 0. The molecule has 0 aliphatic rings. The molecule has 0 unspecified atom stereocenters. The first-order chi connectivity index (χ1) is 13.5. The quantitative estimate of drug-likeness (QED) is 0.559. The first-order valence-corrected chi connectivity index (χ1v) is 9.43. The van der Waals surface area contributed by atoms with Crippen molar-refractivity contribution in [3.63, 3.8) is 0 Å². The zero-order valence-electron chi connectivity index (χ0n) is 14.9. The molecule has 0 spiro atoms. The van der Waals surface area contributed by atoms with Crippen LogP contribution in [0.15, 0.2) is 57.1 Å². The van der Waals surface area contributed by atoms with Gasteiger partial charge in [-0.2, -0.15) is 0 Å². The number of halogens is 1. The molecule has 0 aliphatic carbocycles. The average molecular weight is 397 g/mol. The van der Waals surface area contributed by atoms with E-state index in [0.29, 0.717) is 28.9 Å². The van der Waals surface area contributed by atoms with Crippen LogP contribution in [0.1, 0.15) is 16.3 Å². The van der Waals surface area contributed by atoms with Crippen molar-refractivity contribution >= 4 is 34.0 Å². The molecule has 0 saturated heterocycles. The highest BCUT2D eigenvalue weighted by Crippen LogP contribution is 2.19. The van der Waals surface area contributed by atoms with Crippen LogP contribution >= 0.6 is 11.3 Å². The number of fused-ring (bicyclic) bond motifs is 1. The largest absolute Gasteiger partial charge is 0.419 e. The van der Waals surface area contributed by atoms with Crippen molar-refractivity contribution in [2.45, 2.75) is 12.8 Å². The molecule has 0 radical (unpaired) electrons. The van der Waals surface area contributed by atoms with Gasteiger partial charge in [0.05, 0.1) is 22.6 Å². The fourth-order valence-electron chi connectivity index (χ4n) is 2.87. The van der Waals surface area contributed by atoms with E-state index in [9.17, 15) is 14.0 Å². The number of carbonyl (C=O) groups is 1. The van der Waals surface area contributed by atoms with Gasteiger partial charge in [0.25, 0.3) is 0 Å². The Kier molecular flexibility index (Phi) is 4.79. The predicted octanol–water partition coefficient (Wildman–Crippen LogP) is 3.50. The highest BCUT2D eigenvalue weighted by atomic mass is 32.1. The van der Waals surface area contributed by atoms with Crippen molar-refractivity contribution in [1.29, 1.82) is 0 Å².